The number of carbonyl (C=O) groups excluding carboxylic acids is 1. The van der Waals surface area contributed by atoms with Gasteiger partial charge in [-0.1, -0.05) is 0 Å². The molecule has 2 rings (SSSR count). The van der Waals surface area contributed by atoms with Crippen LogP contribution in [0.1, 0.15) is 10.5 Å². The minimum absolute atomic E-state index is 0.0626. The van der Waals surface area contributed by atoms with Gasteiger partial charge in [0.05, 0.1) is 19.6 Å². The molecule has 0 aliphatic heterocycles. The van der Waals surface area contributed by atoms with Crippen LogP contribution in [0.25, 0.3) is 10.8 Å². The van der Waals surface area contributed by atoms with Gasteiger partial charge in [-0.3, -0.25) is 14.4 Å². The van der Waals surface area contributed by atoms with E-state index < -0.39 is 11.5 Å². The van der Waals surface area contributed by atoms with Crippen LogP contribution in [0.15, 0.2) is 29.1 Å². The highest BCUT2D eigenvalue weighted by Gasteiger charge is 2.20. The van der Waals surface area contributed by atoms with E-state index in [0.29, 0.717) is 16.5 Å². The molecule has 0 saturated carbocycles. The van der Waals surface area contributed by atoms with Crippen LogP contribution in [0.3, 0.4) is 0 Å². The first-order valence-electron chi connectivity index (χ1n) is 6.14. The Morgan fingerprint density at radius 3 is 2.48 bits per heavy atom. The molecule has 0 N–H and O–H groups in total. The van der Waals surface area contributed by atoms with Gasteiger partial charge in [-0.2, -0.15) is 0 Å². The molecule has 1 heterocycles. The largest absolute Gasteiger partial charge is 0.497 e. The maximum atomic E-state index is 12.4. The molecule has 1 amide bonds. The highest BCUT2D eigenvalue weighted by Crippen LogP contribution is 2.19. The average Bonchev–Trinajstić information content (AvgIpc) is 2.52. The first-order valence-corrected chi connectivity index (χ1v) is 6.14. The molecule has 1 aromatic heterocycles. The van der Waals surface area contributed by atoms with E-state index in [9.17, 15) is 9.59 Å². The second-order valence-corrected chi connectivity index (χ2v) is 4.25. The monoisotopic (exact) mass is 292 g/mol. The summed E-state index contributed by atoms with van der Waals surface area (Å²) in [4.78, 5) is 34.5. The molecule has 7 nitrogen and oxygen atoms in total. The zero-order valence-electron chi connectivity index (χ0n) is 12.2. The Kier molecular flexibility index (Phi) is 4.13. The molecule has 0 saturated heterocycles. The van der Waals surface area contributed by atoms with Gasteiger partial charge in [-0.25, -0.2) is 5.06 Å². The minimum atomic E-state index is -0.499. The Labute approximate surface area is 121 Å². The number of amides is 1. The minimum Gasteiger partial charge on any atom is -0.497 e. The lowest BCUT2D eigenvalue weighted by Gasteiger charge is -2.17. The highest BCUT2D eigenvalue weighted by atomic mass is 16.7. The second-order valence-electron chi connectivity index (χ2n) is 4.25. The summed E-state index contributed by atoms with van der Waals surface area (Å²) >= 11 is 0. The molecule has 0 spiro atoms. The van der Waals surface area contributed by atoms with Crippen molar-refractivity contribution >= 4 is 16.7 Å². The molecular formula is C14H16N2O5. The van der Waals surface area contributed by atoms with Gasteiger partial charge in [-0.15, -0.1) is 4.73 Å². The third-order valence-corrected chi connectivity index (χ3v) is 3.15. The number of carbonyl (C=O) groups is 1. The molecule has 2 aromatic rings. The van der Waals surface area contributed by atoms with E-state index in [-0.39, 0.29) is 5.69 Å². The lowest BCUT2D eigenvalue weighted by molar-refractivity contribution is -0.0774. The quantitative estimate of drug-likeness (QED) is 0.776. The Hall–Kier alpha value is -2.54. The van der Waals surface area contributed by atoms with E-state index in [1.807, 2.05) is 0 Å². The van der Waals surface area contributed by atoms with Crippen molar-refractivity contribution in [3.8, 4) is 5.75 Å². The van der Waals surface area contributed by atoms with Crippen molar-refractivity contribution in [2.45, 2.75) is 0 Å². The predicted molar refractivity (Wildman–Crippen MR) is 76.4 cm³/mol. The zero-order chi connectivity index (χ0) is 15.6. The number of pyridine rings is 1. The normalized spacial score (nSPS) is 10.5. The van der Waals surface area contributed by atoms with Crippen molar-refractivity contribution < 1.29 is 19.2 Å². The first-order chi connectivity index (χ1) is 10.0. The lowest BCUT2D eigenvalue weighted by atomic mass is 10.1. The van der Waals surface area contributed by atoms with Crippen LogP contribution in [0, 0.1) is 0 Å². The van der Waals surface area contributed by atoms with Crippen molar-refractivity contribution in [2.75, 3.05) is 28.4 Å². The number of rotatable bonds is 4. The lowest BCUT2D eigenvalue weighted by Crippen LogP contribution is -2.35. The fourth-order valence-electron chi connectivity index (χ4n) is 1.98. The number of hydroxylamine groups is 2. The van der Waals surface area contributed by atoms with Crippen molar-refractivity contribution in [1.29, 1.82) is 0 Å². The van der Waals surface area contributed by atoms with Crippen LogP contribution in [-0.4, -0.2) is 44.1 Å². The van der Waals surface area contributed by atoms with Gasteiger partial charge in [0.15, 0.2) is 5.69 Å². The van der Waals surface area contributed by atoms with E-state index in [2.05, 4.69) is 0 Å². The molecule has 0 aliphatic carbocycles. The standard InChI is InChI=1S/C14H16N2O5/c1-15(20-3)14(18)12-8-9-7-10(19-2)5-6-11(9)13(17)16(12)21-4/h5-8H,1-4H3. The fourth-order valence-corrected chi connectivity index (χ4v) is 1.98. The summed E-state index contributed by atoms with van der Waals surface area (Å²) < 4.78 is 6.06. The Morgan fingerprint density at radius 2 is 1.90 bits per heavy atom. The van der Waals surface area contributed by atoms with E-state index in [0.717, 1.165) is 9.79 Å². The molecule has 0 bridgehead atoms. The van der Waals surface area contributed by atoms with Gasteiger partial charge in [0.1, 0.15) is 12.9 Å². The third kappa shape index (κ3) is 2.55. The predicted octanol–water partition coefficient (Wildman–Crippen LogP) is 0.702. The molecule has 7 heteroatoms. The van der Waals surface area contributed by atoms with Crippen LogP contribution < -0.4 is 15.1 Å². The molecule has 0 aliphatic rings. The zero-order valence-corrected chi connectivity index (χ0v) is 12.2. The smallest absolute Gasteiger partial charge is 0.297 e. The number of nitrogens with zero attached hydrogens (tertiary/aromatic N) is 2. The van der Waals surface area contributed by atoms with Crippen LogP contribution >= 0.6 is 0 Å². The summed E-state index contributed by atoms with van der Waals surface area (Å²) in [6, 6.07) is 6.54. The summed E-state index contributed by atoms with van der Waals surface area (Å²) in [5, 5.41) is 2.02. The number of hydrogen-bond acceptors (Lipinski definition) is 5. The Bertz CT molecular complexity index is 738. The SMILES string of the molecule is COc1ccc2c(=O)n(OC)c(C(=O)N(C)OC)cc2c1. The van der Waals surface area contributed by atoms with Crippen LogP contribution in [0.5, 0.6) is 5.75 Å². The summed E-state index contributed by atoms with van der Waals surface area (Å²) in [5.74, 6) is 0.0942. The first kappa shape index (κ1) is 14.9. The average molecular weight is 292 g/mol. The molecule has 112 valence electrons. The second kappa shape index (κ2) is 5.84. The number of hydrogen-bond donors (Lipinski definition) is 0. The summed E-state index contributed by atoms with van der Waals surface area (Å²) in [7, 11) is 5.66. The summed E-state index contributed by atoms with van der Waals surface area (Å²) in [5.41, 5.74) is -0.363. The van der Waals surface area contributed by atoms with Gasteiger partial charge in [0.25, 0.3) is 11.5 Å². The fraction of sp³-hybridized carbons (Fsp3) is 0.286. The van der Waals surface area contributed by atoms with Gasteiger partial charge in [0, 0.05) is 7.05 Å². The van der Waals surface area contributed by atoms with Crippen molar-refractivity contribution in [3.05, 3.63) is 40.3 Å². The number of methoxy groups -OCH3 is 1. The Balaban J connectivity index is 2.74. The molecular weight excluding hydrogens is 276 g/mol. The molecule has 1 aromatic carbocycles. The van der Waals surface area contributed by atoms with Gasteiger partial charge < -0.3 is 9.57 Å². The topological polar surface area (TPSA) is 70.0 Å². The van der Waals surface area contributed by atoms with Crippen LogP contribution in [0.4, 0.5) is 0 Å². The molecule has 0 unspecified atom stereocenters. The molecule has 0 radical (unpaired) electrons. The van der Waals surface area contributed by atoms with Crippen molar-refractivity contribution in [3.63, 3.8) is 0 Å². The van der Waals surface area contributed by atoms with Gasteiger partial charge in [0.2, 0.25) is 0 Å². The number of fused-ring (bicyclic) bond motifs is 1. The number of aromatic nitrogens is 1. The van der Waals surface area contributed by atoms with E-state index >= 15 is 0 Å². The number of ether oxygens (including phenoxy) is 1. The van der Waals surface area contributed by atoms with Gasteiger partial charge in [-0.05, 0) is 29.7 Å². The summed E-state index contributed by atoms with van der Waals surface area (Å²) in [6.45, 7) is 0. The van der Waals surface area contributed by atoms with E-state index in [4.69, 9.17) is 14.4 Å². The molecule has 0 fully saturated rings. The Morgan fingerprint density at radius 1 is 1.19 bits per heavy atom. The van der Waals surface area contributed by atoms with Crippen molar-refractivity contribution in [1.82, 2.24) is 9.79 Å². The van der Waals surface area contributed by atoms with E-state index in [1.54, 1.807) is 24.3 Å². The van der Waals surface area contributed by atoms with E-state index in [1.165, 1.54) is 28.4 Å². The van der Waals surface area contributed by atoms with Crippen LogP contribution in [-0.2, 0) is 4.84 Å². The molecule has 0 atom stereocenters. The van der Waals surface area contributed by atoms with Gasteiger partial charge >= 0.3 is 0 Å². The maximum absolute atomic E-state index is 12.4. The van der Waals surface area contributed by atoms with Crippen LogP contribution in [0.2, 0.25) is 0 Å². The third-order valence-electron chi connectivity index (χ3n) is 3.15. The highest BCUT2D eigenvalue weighted by molar-refractivity contribution is 5.96. The molecule has 21 heavy (non-hydrogen) atoms. The maximum Gasteiger partial charge on any atom is 0.297 e. The number of benzene rings is 1. The van der Waals surface area contributed by atoms with Crippen molar-refractivity contribution in [2.24, 2.45) is 0 Å². The summed E-state index contributed by atoms with van der Waals surface area (Å²) in [6.07, 6.45) is 0.